The third kappa shape index (κ3) is 3.61. The monoisotopic (exact) mass is 371 g/mol. The van der Waals surface area contributed by atoms with Crippen molar-refractivity contribution in [3.8, 4) is 0 Å². The van der Waals surface area contributed by atoms with E-state index in [0.29, 0.717) is 32.0 Å². The van der Waals surface area contributed by atoms with Crippen molar-refractivity contribution in [3.63, 3.8) is 0 Å². The number of hydrogen-bond donors (Lipinski definition) is 0. The van der Waals surface area contributed by atoms with Gasteiger partial charge in [-0.2, -0.15) is 13.2 Å². The van der Waals surface area contributed by atoms with Crippen LogP contribution >= 0.6 is 0 Å². The van der Waals surface area contributed by atoms with Crippen molar-refractivity contribution in [1.82, 2.24) is 9.88 Å². The Bertz CT molecular complexity index is 695. The molecule has 0 radical (unpaired) electrons. The average molecular weight is 371 g/mol. The maximum absolute atomic E-state index is 12.7. The summed E-state index contributed by atoms with van der Waals surface area (Å²) in [6.45, 7) is 5.22. The molecule has 0 spiro atoms. The third-order valence-electron chi connectivity index (χ3n) is 4.88. The Hall–Kier alpha value is -2.32. The van der Waals surface area contributed by atoms with E-state index < -0.39 is 23.3 Å². The molecule has 3 heterocycles. The first-order chi connectivity index (χ1) is 12.1. The van der Waals surface area contributed by atoms with Gasteiger partial charge in [0.25, 0.3) is 0 Å². The molecule has 1 amide bonds. The minimum Gasteiger partial charge on any atom is -0.459 e. The fourth-order valence-corrected chi connectivity index (χ4v) is 3.32. The highest BCUT2D eigenvalue weighted by Gasteiger charge is 2.47. The van der Waals surface area contributed by atoms with Crippen LogP contribution in [0, 0.1) is 5.92 Å². The Morgan fingerprint density at radius 1 is 1.23 bits per heavy atom. The molecular weight excluding hydrogens is 351 g/mol. The SMILES string of the molecule is CC1(C)OC(=O)CC1C(=O)N1CCN(c2ccc(C(F)(F)F)cn2)CC1. The van der Waals surface area contributed by atoms with Gasteiger partial charge in [-0.15, -0.1) is 0 Å². The van der Waals surface area contributed by atoms with Gasteiger partial charge in [0.15, 0.2) is 0 Å². The summed E-state index contributed by atoms with van der Waals surface area (Å²) in [5.41, 5.74) is -1.61. The fraction of sp³-hybridized carbons (Fsp3) is 0.588. The molecule has 0 aliphatic carbocycles. The van der Waals surface area contributed by atoms with E-state index in [1.807, 2.05) is 4.90 Å². The van der Waals surface area contributed by atoms with Crippen LogP contribution in [0.3, 0.4) is 0 Å². The van der Waals surface area contributed by atoms with Gasteiger partial charge in [-0.1, -0.05) is 0 Å². The van der Waals surface area contributed by atoms with Crippen molar-refractivity contribution < 1.29 is 27.5 Å². The number of carbonyl (C=O) groups excluding carboxylic acids is 2. The number of rotatable bonds is 2. The first-order valence-corrected chi connectivity index (χ1v) is 8.37. The van der Waals surface area contributed by atoms with E-state index in [0.717, 1.165) is 12.3 Å². The van der Waals surface area contributed by atoms with E-state index >= 15 is 0 Å². The van der Waals surface area contributed by atoms with Gasteiger partial charge >= 0.3 is 12.1 Å². The lowest BCUT2D eigenvalue weighted by Gasteiger charge is -2.37. The number of ether oxygens (including phenoxy) is 1. The zero-order valence-corrected chi connectivity index (χ0v) is 14.5. The standard InChI is InChI=1S/C17H20F3N3O3/c1-16(2)12(9-14(24)26-16)15(25)23-7-5-22(6-8-23)13-4-3-11(10-21-13)17(18,19)20/h3-4,10,12H,5-9H2,1-2H3. The van der Waals surface area contributed by atoms with Crippen LogP contribution in [-0.2, 0) is 20.5 Å². The van der Waals surface area contributed by atoms with Crippen molar-refractivity contribution in [2.75, 3.05) is 31.1 Å². The van der Waals surface area contributed by atoms with Crippen molar-refractivity contribution in [3.05, 3.63) is 23.9 Å². The van der Waals surface area contributed by atoms with Crippen molar-refractivity contribution >= 4 is 17.7 Å². The van der Waals surface area contributed by atoms with Gasteiger partial charge < -0.3 is 14.5 Å². The normalized spacial score (nSPS) is 23.1. The molecule has 1 atom stereocenters. The van der Waals surface area contributed by atoms with Gasteiger partial charge in [0, 0.05) is 32.4 Å². The summed E-state index contributed by atoms with van der Waals surface area (Å²) in [7, 11) is 0. The van der Waals surface area contributed by atoms with E-state index in [9.17, 15) is 22.8 Å². The number of alkyl halides is 3. The number of pyridine rings is 1. The van der Waals surface area contributed by atoms with Gasteiger partial charge in [0.2, 0.25) is 5.91 Å². The molecule has 26 heavy (non-hydrogen) atoms. The lowest BCUT2D eigenvalue weighted by Crippen LogP contribution is -2.52. The molecule has 9 heteroatoms. The number of cyclic esters (lactones) is 1. The van der Waals surface area contributed by atoms with E-state index in [1.54, 1.807) is 18.7 Å². The molecule has 1 aromatic heterocycles. The molecule has 0 bridgehead atoms. The van der Waals surface area contributed by atoms with Crippen LogP contribution in [-0.4, -0.2) is 53.5 Å². The van der Waals surface area contributed by atoms with Crippen molar-refractivity contribution in [2.24, 2.45) is 5.92 Å². The number of piperazine rings is 1. The molecule has 3 rings (SSSR count). The maximum atomic E-state index is 12.7. The molecular formula is C17H20F3N3O3. The fourth-order valence-electron chi connectivity index (χ4n) is 3.32. The summed E-state index contributed by atoms with van der Waals surface area (Å²) in [5, 5.41) is 0. The van der Waals surface area contributed by atoms with Gasteiger partial charge in [0.1, 0.15) is 11.4 Å². The van der Waals surface area contributed by atoms with Crippen LogP contribution in [0.25, 0.3) is 0 Å². The molecule has 1 unspecified atom stereocenters. The van der Waals surface area contributed by atoms with Crippen LogP contribution in [0.1, 0.15) is 25.8 Å². The highest BCUT2D eigenvalue weighted by molar-refractivity contribution is 5.87. The maximum Gasteiger partial charge on any atom is 0.417 e. The topological polar surface area (TPSA) is 62.7 Å². The molecule has 2 aliphatic rings. The molecule has 2 saturated heterocycles. The number of hydrogen-bond acceptors (Lipinski definition) is 5. The summed E-state index contributed by atoms with van der Waals surface area (Å²) >= 11 is 0. The van der Waals surface area contributed by atoms with Crippen molar-refractivity contribution in [2.45, 2.75) is 32.0 Å². The second kappa shape index (κ2) is 6.44. The number of anilines is 1. The van der Waals surface area contributed by atoms with E-state index in [2.05, 4.69) is 4.98 Å². The molecule has 6 nitrogen and oxygen atoms in total. The molecule has 0 N–H and O–H groups in total. The van der Waals surface area contributed by atoms with Crippen molar-refractivity contribution in [1.29, 1.82) is 0 Å². The second-order valence-electron chi connectivity index (χ2n) is 7.05. The van der Waals surface area contributed by atoms with Gasteiger partial charge in [-0.25, -0.2) is 4.98 Å². The summed E-state index contributed by atoms with van der Waals surface area (Å²) in [5.74, 6) is -0.558. The third-order valence-corrected chi connectivity index (χ3v) is 4.88. The summed E-state index contributed by atoms with van der Waals surface area (Å²) in [4.78, 5) is 31.6. The van der Waals surface area contributed by atoms with Crippen LogP contribution in [0.15, 0.2) is 18.3 Å². The number of nitrogens with zero attached hydrogens (tertiary/aromatic N) is 3. The number of halogens is 3. The van der Waals surface area contributed by atoms with Crippen LogP contribution < -0.4 is 4.90 Å². The molecule has 1 aromatic rings. The quantitative estimate of drug-likeness (QED) is 0.745. The highest BCUT2D eigenvalue weighted by Crippen LogP contribution is 2.34. The smallest absolute Gasteiger partial charge is 0.417 e. The average Bonchev–Trinajstić information content (AvgIpc) is 2.86. The first kappa shape index (κ1) is 18.5. The molecule has 0 saturated carbocycles. The van der Waals surface area contributed by atoms with E-state index in [1.165, 1.54) is 6.07 Å². The summed E-state index contributed by atoms with van der Waals surface area (Å²) in [6, 6.07) is 2.34. The lowest BCUT2D eigenvalue weighted by atomic mass is 9.89. The minimum atomic E-state index is -4.41. The lowest BCUT2D eigenvalue weighted by molar-refractivity contribution is -0.149. The van der Waals surface area contributed by atoms with Gasteiger partial charge in [-0.05, 0) is 26.0 Å². The van der Waals surface area contributed by atoms with Crippen LogP contribution in [0.4, 0.5) is 19.0 Å². The number of esters is 1. The Morgan fingerprint density at radius 3 is 2.35 bits per heavy atom. The number of carbonyl (C=O) groups is 2. The Balaban J connectivity index is 1.61. The Kier molecular flexibility index (Phi) is 4.58. The van der Waals surface area contributed by atoms with Crippen LogP contribution in [0.2, 0.25) is 0 Å². The largest absolute Gasteiger partial charge is 0.459 e. The summed E-state index contributed by atoms with van der Waals surface area (Å²) < 4.78 is 43.0. The Morgan fingerprint density at radius 2 is 1.88 bits per heavy atom. The predicted octanol–water partition coefficient (Wildman–Crippen LogP) is 2.09. The number of aromatic nitrogens is 1. The Labute approximate surface area is 148 Å². The molecule has 2 fully saturated rings. The zero-order chi connectivity index (χ0) is 19.1. The van der Waals surface area contributed by atoms with Gasteiger partial charge in [-0.3, -0.25) is 9.59 Å². The zero-order valence-electron chi connectivity index (χ0n) is 14.5. The van der Waals surface area contributed by atoms with E-state index in [4.69, 9.17) is 4.74 Å². The van der Waals surface area contributed by atoms with Gasteiger partial charge in [0.05, 0.1) is 17.9 Å². The minimum absolute atomic E-state index is 0.0759. The summed E-state index contributed by atoms with van der Waals surface area (Å²) in [6.07, 6.45) is -3.52. The highest BCUT2D eigenvalue weighted by atomic mass is 19.4. The number of amides is 1. The van der Waals surface area contributed by atoms with E-state index in [-0.39, 0.29) is 18.3 Å². The second-order valence-corrected chi connectivity index (χ2v) is 7.05. The predicted molar refractivity (Wildman–Crippen MR) is 86.3 cm³/mol. The molecule has 2 aliphatic heterocycles. The molecule has 0 aromatic carbocycles. The first-order valence-electron chi connectivity index (χ1n) is 8.37. The van der Waals surface area contributed by atoms with Crippen LogP contribution in [0.5, 0.6) is 0 Å². The molecule has 142 valence electrons.